The van der Waals surface area contributed by atoms with E-state index in [1.807, 2.05) is 17.7 Å². The van der Waals surface area contributed by atoms with Gasteiger partial charge in [0, 0.05) is 20.1 Å². The van der Waals surface area contributed by atoms with Crippen LogP contribution in [0.2, 0.25) is 0 Å². The third-order valence-corrected chi connectivity index (χ3v) is 6.56. The number of hydrogen-bond donors (Lipinski definition) is 3. The lowest BCUT2D eigenvalue weighted by atomic mass is 9.77. The average molecular weight is 449 g/mol. The first-order valence-corrected chi connectivity index (χ1v) is 12.2. The van der Waals surface area contributed by atoms with E-state index >= 15 is 0 Å². The normalized spacial score (nSPS) is 26.9. The number of carbonyl (C=O) groups excluding carboxylic acids is 1. The fraction of sp³-hybridized carbons (Fsp3) is 0.792. The molecule has 3 N–H and O–H groups in total. The number of aromatic nitrogens is 2. The lowest BCUT2D eigenvalue weighted by Crippen LogP contribution is -2.51. The summed E-state index contributed by atoms with van der Waals surface area (Å²) in [5.41, 5.74) is 1.69. The third kappa shape index (κ3) is 7.04. The Morgan fingerprint density at radius 2 is 1.94 bits per heavy atom. The Labute approximate surface area is 191 Å². The molecule has 8 nitrogen and oxygen atoms in total. The SMILES string of the molecule is CC(=O)O.CCn1nc(CC(C)C)cc1C(=O)N[C@H]1C[C@H]2CNC[C@H]2C[C@@H]1OCC1CC1. The van der Waals surface area contributed by atoms with Gasteiger partial charge in [0.15, 0.2) is 0 Å². The summed E-state index contributed by atoms with van der Waals surface area (Å²) in [4.78, 5) is 22.1. The maximum absolute atomic E-state index is 13.1. The van der Waals surface area contributed by atoms with Crippen LogP contribution in [0.4, 0.5) is 0 Å². The Bertz CT molecular complexity index is 770. The van der Waals surface area contributed by atoms with Gasteiger partial charge in [0.2, 0.25) is 0 Å². The lowest BCUT2D eigenvalue weighted by Gasteiger charge is -2.38. The van der Waals surface area contributed by atoms with E-state index in [9.17, 15) is 4.79 Å². The number of fused-ring (bicyclic) bond motifs is 1. The fourth-order valence-electron chi connectivity index (χ4n) is 4.81. The summed E-state index contributed by atoms with van der Waals surface area (Å²) < 4.78 is 8.16. The van der Waals surface area contributed by atoms with Gasteiger partial charge >= 0.3 is 0 Å². The highest BCUT2D eigenvalue weighted by molar-refractivity contribution is 5.93. The zero-order valence-electron chi connectivity index (χ0n) is 20.0. The largest absolute Gasteiger partial charge is 0.481 e. The highest BCUT2D eigenvalue weighted by Crippen LogP contribution is 2.36. The number of carboxylic acid groups (broad SMARTS) is 1. The third-order valence-electron chi connectivity index (χ3n) is 6.56. The van der Waals surface area contributed by atoms with Gasteiger partial charge < -0.3 is 20.5 Å². The van der Waals surface area contributed by atoms with Crippen molar-refractivity contribution in [3.63, 3.8) is 0 Å². The summed E-state index contributed by atoms with van der Waals surface area (Å²) >= 11 is 0. The number of hydrogen-bond acceptors (Lipinski definition) is 5. The summed E-state index contributed by atoms with van der Waals surface area (Å²) in [5.74, 6) is 1.78. The topological polar surface area (TPSA) is 105 Å². The molecule has 4 atom stereocenters. The molecule has 1 aromatic rings. The Morgan fingerprint density at radius 3 is 2.53 bits per heavy atom. The molecule has 1 aliphatic heterocycles. The Morgan fingerprint density at radius 1 is 1.28 bits per heavy atom. The number of nitrogens with one attached hydrogen (secondary N) is 2. The van der Waals surface area contributed by atoms with Gasteiger partial charge in [0.1, 0.15) is 5.69 Å². The zero-order chi connectivity index (χ0) is 23.3. The fourth-order valence-corrected chi connectivity index (χ4v) is 4.81. The second-order valence-electron chi connectivity index (χ2n) is 10.00. The minimum Gasteiger partial charge on any atom is -0.481 e. The standard InChI is InChI=1S/C22H36N4O2.C2H4O2/c1-4-26-20(10-18(25-26)7-14(2)3)22(27)24-19-8-16-11-23-12-17(16)9-21(19)28-13-15-5-6-15;1-2(3)4/h10,14-17,19,21,23H,4-9,11-13H2,1-3H3,(H,24,27);1H3,(H,3,4)/t16-,17+,19-,21-;/m0./s1. The number of carboxylic acids is 1. The molecule has 0 spiro atoms. The Hall–Kier alpha value is -1.93. The molecule has 1 saturated heterocycles. The van der Waals surface area contributed by atoms with E-state index < -0.39 is 5.97 Å². The van der Waals surface area contributed by atoms with E-state index in [0.717, 1.165) is 57.5 Å². The molecule has 32 heavy (non-hydrogen) atoms. The minimum atomic E-state index is -0.833. The summed E-state index contributed by atoms with van der Waals surface area (Å²) in [6, 6.07) is 2.07. The number of aryl methyl sites for hydroxylation is 1. The second kappa shape index (κ2) is 11.3. The van der Waals surface area contributed by atoms with Gasteiger partial charge in [-0.2, -0.15) is 5.10 Å². The first kappa shape index (κ1) is 24.7. The van der Waals surface area contributed by atoms with Crippen molar-refractivity contribution < 1.29 is 19.4 Å². The summed E-state index contributed by atoms with van der Waals surface area (Å²) in [7, 11) is 0. The first-order valence-electron chi connectivity index (χ1n) is 12.2. The van der Waals surface area contributed by atoms with Gasteiger partial charge in [-0.3, -0.25) is 14.3 Å². The van der Waals surface area contributed by atoms with Crippen molar-refractivity contribution in [3.8, 4) is 0 Å². The van der Waals surface area contributed by atoms with Crippen molar-refractivity contribution in [1.82, 2.24) is 20.4 Å². The molecular weight excluding hydrogens is 408 g/mol. The van der Waals surface area contributed by atoms with Crippen LogP contribution in [0.15, 0.2) is 6.07 Å². The summed E-state index contributed by atoms with van der Waals surface area (Å²) in [5, 5.41) is 18.9. The van der Waals surface area contributed by atoms with Crippen LogP contribution < -0.4 is 10.6 Å². The molecular formula is C24H40N4O4. The highest BCUT2D eigenvalue weighted by Gasteiger charge is 2.41. The molecule has 2 aliphatic carbocycles. The van der Waals surface area contributed by atoms with Crippen molar-refractivity contribution in [2.75, 3.05) is 19.7 Å². The average Bonchev–Trinajstić information content (AvgIpc) is 3.28. The lowest BCUT2D eigenvalue weighted by molar-refractivity contribution is -0.134. The molecule has 8 heteroatoms. The van der Waals surface area contributed by atoms with Crippen molar-refractivity contribution in [2.24, 2.45) is 23.7 Å². The Balaban J connectivity index is 0.000000668. The van der Waals surface area contributed by atoms with Crippen LogP contribution in [0.3, 0.4) is 0 Å². The molecule has 0 bridgehead atoms. The van der Waals surface area contributed by atoms with E-state index in [-0.39, 0.29) is 18.1 Å². The van der Waals surface area contributed by atoms with Crippen molar-refractivity contribution >= 4 is 11.9 Å². The first-order chi connectivity index (χ1) is 15.3. The van der Waals surface area contributed by atoms with E-state index in [1.165, 1.54) is 12.8 Å². The molecule has 3 fully saturated rings. The summed E-state index contributed by atoms with van der Waals surface area (Å²) in [6.45, 7) is 11.2. The smallest absolute Gasteiger partial charge is 0.300 e. The predicted octanol–water partition coefficient (Wildman–Crippen LogP) is 2.72. The van der Waals surface area contributed by atoms with E-state index in [2.05, 4.69) is 29.6 Å². The maximum atomic E-state index is 13.1. The van der Waals surface area contributed by atoms with E-state index in [0.29, 0.717) is 30.0 Å². The highest BCUT2D eigenvalue weighted by atomic mass is 16.5. The van der Waals surface area contributed by atoms with E-state index in [1.54, 1.807) is 0 Å². The van der Waals surface area contributed by atoms with Crippen molar-refractivity contribution in [1.29, 1.82) is 0 Å². The minimum absolute atomic E-state index is 0.00113. The van der Waals surface area contributed by atoms with Crippen LogP contribution in [0.25, 0.3) is 0 Å². The summed E-state index contributed by atoms with van der Waals surface area (Å²) in [6.07, 6.45) is 5.70. The molecule has 0 radical (unpaired) electrons. The molecule has 4 rings (SSSR count). The number of ether oxygens (including phenoxy) is 1. The predicted molar refractivity (Wildman–Crippen MR) is 123 cm³/mol. The molecule has 2 heterocycles. The van der Waals surface area contributed by atoms with Gasteiger partial charge in [-0.1, -0.05) is 13.8 Å². The molecule has 2 saturated carbocycles. The number of carbonyl (C=O) groups is 2. The molecule has 180 valence electrons. The molecule has 1 aromatic heterocycles. The monoisotopic (exact) mass is 448 g/mol. The van der Waals surface area contributed by atoms with Crippen LogP contribution >= 0.6 is 0 Å². The van der Waals surface area contributed by atoms with Crippen LogP contribution in [0.5, 0.6) is 0 Å². The van der Waals surface area contributed by atoms with Crippen LogP contribution in [-0.4, -0.2) is 58.6 Å². The van der Waals surface area contributed by atoms with Crippen LogP contribution in [0, 0.1) is 23.7 Å². The number of rotatable bonds is 8. The molecule has 0 aromatic carbocycles. The van der Waals surface area contributed by atoms with Crippen molar-refractivity contribution in [3.05, 3.63) is 17.5 Å². The zero-order valence-corrected chi connectivity index (χ0v) is 20.0. The second-order valence-corrected chi connectivity index (χ2v) is 10.00. The quantitative estimate of drug-likeness (QED) is 0.565. The van der Waals surface area contributed by atoms with Crippen molar-refractivity contribution in [2.45, 2.75) is 78.5 Å². The van der Waals surface area contributed by atoms with E-state index in [4.69, 9.17) is 14.6 Å². The number of aliphatic carboxylic acids is 1. The Kier molecular flexibility index (Phi) is 8.71. The number of amides is 1. The van der Waals surface area contributed by atoms with Gasteiger partial charge in [-0.05, 0) is 81.9 Å². The van der Waals surface area contributed by atoms with Gasteiger partial charge in [-0.15, -0.1) is 0 Å². The van der Waals surface area contributed by atoms with Gasteiger partial charge in [-0.25, -0.2) is 0 Å². The maximum Gasteiger partial charge on any atom is 0.300 e. The van der Waals surface area contributed by atoms with Crippen LogP contribution in [0.1, 0.15) is 69.6 Å². The molecule has 1 amide bonds. The van der Waals surface area contributed by atoms with Crippen LogP contribution in [-0.2, 0) is 22.5 Å². The van der Waals surface area contributed by atoms with Gasteiger partial charge in [0.05, 0.1) is 17.8 Å². The molecule has 3 aliphatic rings. The molecule has 0 unspecified atom stereocenters. The number of nitrogens with zero attached hydrogens (tertiary/aromatic N) is 2. The van der Waals surface area contributed by atoms with Gasteiger partial charge in [0.25, 0.3) is 11.9 Å².